The molecule has 0 aliphatic rings. The monoisotopic (exact) mass is 307 g/mol. The molecule has 5 heteroatoms. The lowest BCUT2D eigenvalue weighted by Gasteiger charge is -2.32. The lowest BCUT2D eigenvalue weighted by molar-refractivity contribution is 0.198. The molecular formula is C16H22FN3S. The van der Waals surface area contributed by atoms with Crippen LogP contribution in [0, 0.1) is 12.7 Å². The van der Waals surface area contributed by atoms with Crippen LogP contribution in [-0.4, -0.2) is 23.0 Å². The van der Waals surface area contributed by atoms with Crippen LogP contribution >= 0.6 is 11.3 Å². The Hall–Kier alpha value is -1.30. The summed E-state index contributed by atoms with van der Waals surface area (Å²) in [5, 5.41) is 0. The number of aryl methyl sites for hydroxylation is 1. The van der Waals surface area contributed by atoms with Crippen molar-refractivity contribution in [3.8, 4) is 0 Å². The van der Waals surface area contributed by atoms with Crippen LogP contribution in [0.2, 0.25) is 0 Å². The molecule has 2 unspecified atom stereocenters. The Labute approximate surface area is 129 Å². The number of benzene rings is 1. The summed E-state index contributed by atoms with van der Waals surface area (Å²) < 4.78 is 14.2. The van der Waals surface area contributed by atoms with E-state index in [4.69, 9.17) is 5.73 Å². The summed E-state index contributed by atoms with van der Waals surface area (Å²) in [5.41, 5.74) is 9.80. The van der Waals surface area contributed by atoms with Gasteiger partial charge in [0.15, 0.2) is 0 Å². The molecule has 0 aliphatic carbocycles. The molecule has 3 nitrogen and oxygen atoms in total. The van der Waals surface area contributed by atoms with E-state index in [0.717, 1.165) is 18.7 Å². The van der Waals surface area contributed by atoms with Gasteiger partial charge in [-0.15, -0.1) is 11.3 Å². The average Bonchev–Trinajstić information content (AvgIpc) is 2.86. The van der Waals surface area contributed by atoms with E-state index in [1.165, 1.54) is 10.9 Å². The molecule has 2 rings (SSSR count). The molecular weight excluding hydrogens is 285 g/mol. The van der Waals surface area contributed by atoms with Gasteiger partial charge in [-0.1, -0.05) is 25.1 Å². The fourth-order valence-electron chi connectivity index (χ4n) is 2.54. The minimum atomic E-state index is -0.195. The smallest absolute Gasteiger partial charge is 0.128 e. The second kappa shape index (κ2) is 7.11. The number of nitrogens with two attached hydrogens (primary N) is 1. The number of nitrogens with zero attached hydrogens (tertiary/aromatic N) is 2. The molecule has 1 heterocycles. The maximum Gasteiger partial charge on any atom is 0.128 e. The number of thiazole rings is 1. The van der Waals surface area contributed by atoms with Crippen molar-refractivity contribution in [3.63, 3.8) is 0 Å². The minimum Gasteiger partial charge on any atom is -0.326 e. The fourth-order valence-corrected chi connectivity index (χ4v) is 3.38. The van der Waals surface area contributed by atoms with E-state index in [0.29, 0.717) is 5.56 Å². The van der Waals surface area contributed by atoms with Crippen LogP contribution in [0.4, 0.5) is 4.39 Å². The summed E-state index contributed by atoms with van der Waals surface area (Å²) in [4.78, 5) is 7.59. The van der Waals surface area contributed by atoms with Crippen LogP contribution in [0.25, 0.3) is 0 Å². The van der Waals surface area contributed by atoms with Crippen molar-refractivity contribution in [1.29, 1.82) is 0 Å². The Morgan fingerprint density at radius 2 is 2.10 bits per heavy atom. The third-order valence-electron chi connectivity index (χ3n) is 3.81. The summed E-state index contributed by atoms with van der Waals surface area (Å²) in [6, 6.07) is 6.64. The first-order valence-electron chi connectivity index (χ1n) is 7.13. The highest BCUT2D eigenvalue weighted by molar-refractivity contribution is 7.09. The van der Waals surface area contributed by atoms with Crippen molar-refractivity contribution in [3.05, 3.63) is 51.7 Å². The summed E-state index contributed by atoms with van der Waals surface area (Å²) in [7, 11) is 1.99. The molecule has 1 aromatic carbocycles. The van der Waals surface area contributed by atoms with Crippen molar-refractivity contribution >= 4 is 11.3 Å². The number of aromatic nitrogens is 1. The molecule has 0 amide bonds. The second-order valence-corrected chi connectivity index (χ2v) is 6.25. The van der Waals surface area contributed by atoms with Crippen molar-refractivity contribution in [2.24, 2.45) is 5.73 Å². The summed E-state index contributed by atoms with van der Waals surface area (Å²) >= 11 is 1.63. The lowest BCUT2D eigenvalue weighted by atomic mass is 9.96. The van der Waals surface area contributed by atoms with Gasteiger partial charge in [0.1, 0.15) is 5.82 Å². The standard InChI is InChI=1S/C16H22FN3S/c1-4-14(18)16(12-7-5-6-8-13(12)17)20(3)9-15-11(2)19-10-21-15/h5-8,10,14,16H,4,9,18H2,1-3H3. The Balaban J connectivity index is 2.28. The Kier molecular flexibility index (Phi) is 5.45. The zero-order chi connectivity index (χ0) is 15.4. The van der Waals surface area contributed by atoms with E-state index in [1.54, 1.807) is 17.4 Å². The molecule has 2 N–H and O–H groups in total. The quantitative estimate of drug-likeness (QED) is 0.888. The van der Waals surface area contributed by atoms with Gasteiger partial charge in [-0.05, 0) is 26.5 Å². The summed E-state index contributed by atoms with van der Waals surface area (Å²) in [6.07, 6.45) is 0.797. The lowest BCUT2D eigenvalue weighted by Crippen LogP contribution is -2.39. The predicted octanol–water partition coefficient (Wildman–Crippen LogP) is 3.50. The number of hydrogen-bond donors (Lipinski definition) is 1. The molecule has 2 atom stereocenters. The first-order valence-corrected chi connectivity index (χ1v) is 8.01. The second-order valence-electron chi connectivity index (χ2n) is 5.31. The van der Waals surface area contributed by atoms with Crippen LogP contribution in [0.1, 0.15) is 35.5 Å². The van der Waals surface area contributed by atoms with Crippen molar-refractivity contribution in [2.45, 2.75) is 38.9 Å². The zero-order valence-corrected chi connectivity index (χ0v) is 13.5. The Bertz CT molecular complexity index is 584. The summed E-state index contributed by atoms with van der Waals surface area (Å²) in [5.74, 6) is -0.195. The highest BCUT2D eigenvalue weighted by Crippen LogP contribution is 2.28. The molecule has 0 saturated heterocycles. The molecule has 2 aromatic rings. The van der Waals surface area contributed by atoms with E-state index in [9.17, 15) is 4.39 Å². The molecule has 21 heavy (non-hydrogen) atoms. The molecule has 0 fully saturated rings. The number of halogens is 1. The fraction of sp³-hybridized carbons (Fsp3) is 0.438. The van der Waals surface area contributed by atoms with Gasteiger partial charge in [0.2, 0.25) is 0 Å². The van der Waals surface area contributed by atoms with Crippen LogP contribution in [0.3, 0.4) is 0 Å². The molecule has 0 saturated carbocycles. The highest BCUT2D eigenvalue weighted by atomic mass is 32.1. The molecule has 0 aliphatic heterocycles. The van der Waals surface area contributed by atoms with Gasteiger partial charge < -0.3 is 5.73 Å². The Morgan fingerprint density at radius 3 is 2.67 bits per heavy atom. The maximum absolute atomic E-state index is 14.2. The SMILES string of the molecule is CCC(N)C(c1ccccc1F)N(C)Cc1scnc1C. The van der Waals surface area contributed by atoms with Crippen molar-refractivity contribution < 1.29 is 4.39 Å². The van der Waals surface area contributed by atoms with Gasteiger partial charge in [-0.3, -0.25) is 4.90 Å². The van der Waals surface area contributed by atoms with Crippen LogP contribution < -0.4 is 5.73 Å². The number of rotatable bonds is 6. The van der Waals surface area contributed by atoms with Gasteiger partial charge in [0, 0.05) is 23.0 Å². The van der Waals surface area contributed by atoms with E-state index in [2.05, 4.69) is 9.88 Å². The minimum absolute atomic E-state index is 0.111. The molecule has 114 valence electrons. The first kappa shape index (κ1) is 16.1. The third kappa shape index (κ3) is 3.67. The van der Waals surface area contributed by atoms with Crippen LogP contribution in [0.5, 0.6) is 0 Å². The van der Waals surface area contributed by atoms with E-state index < -0.39 is 0 Å². The van der Waals surface area contributed by atoms with E-state index in [1.807, 2.05) is 38.5 Å². The van der Waals surface area contributed by atoms with E-state index in [-0.39, 0.29) is 17.9 Å². The van der Waals surface area contributed by atoms with Gasteiger partial charge in [0.05, 0.1) is 17.2 Å². The largest absolute Gasteiger partial charge is 0.326 e. The molecule has 1 aromatic heterocycles. The zero-order valence-electron chi connectivity index (χ0n) is 12.7. The van der Waals surface area contributed by atoms with Crippen LogP contribution in [-0.2, 0) is 6.54 Å². The summed E-state index contributed by atoms with van der Waals surface area (Å²) in [6.45, 7) is 4.75. The molecule has 0 bridgehead atoms. The average molecular weight is 307 g/mol. The molecule has 0 radical (unpaired) electrons. The Morgan fingerprint density at radius 1 is 1.38 bits per heavy atom. The topological polar surface area (TPSA) is 42.1 Å². The van der Waals surface area contributed by atoms with Gasteiger partial charge in [-0.2, -0.15) is 0 Å². The van der Waals surface area contributed by atoms with E-state index >= 15 is 0 Å². The first-order chi connectivity index (χ1) is 10.0. The van der Waals surface area contributed by atoms with Crippen molar-refractivity contribution in [1.82, 2.24) is 9.88 Å². The van der Waals surface area contributed by atoms with Gasteiger partial charge >= 0.3 is 0 Å². The van der Waals surface area contributed by atoms with Crippen LogP contribution in [0.15, 0.2) is 29.8 Å². The highest BCUT2D eigenvalue weighted by Gasteiger charge is 2.26. The molecule has 0 spiro atoms. The maximum atomic E-state index is 14.2. The van der Waals surface area contributed by atoms with Crippen molar-refractivity contribution in [2.75, 3.05) is 7.05 Å². The van der Waals surface area contributed by atoms with Gasteiger partial charge in [0.25, 0.3) is 0 Å². The third-order valence-corrected chi connectivity index (χ3v) is 4.73. The predicted molar refractivity (Wildman–Crippen MR) is 85.7 cm³/mol. The normalized spacial score (nSPS) is 14.4. The number of likely N-dealkylation sites (N-methyl/N-ethyl adjacent to an activating group) is 1. The number of hydrogen-bond acceptors (Lipinski definition) is 4. The van der Waals surface area contributed by atoms with Gasteiger partial charge in [-0.25, -0.2) is 9.37 Å².